The number of carbonyl (C=O) groups excluding carboxylic acids is 3. The zero-order valence-electron chi connectivity index (χ0n) is 10.9. The second-order valence-corrected chi connectivity index (χ2v) is 4.37. The Morgan fingerprint density at radius 3 is 2.14 bits per heavy atom. The molecule has 1 aromatic carbocycles. The average Bonchev–Trinajstić information content (AvgIpc) is 2.77. The number of carbonyl (C=O) groups is 4. The van der Waals surface area contributed by atoms with Gasteiger partial charge in [0.15, 0.2) is 0 Å². The minimum Gasteiger partial charge on any atom is -0.480 e. The molecule has 1 heterocycles. The summed E-state index contributed by atoms with van der Waals surface area (Å²) in [7, 11) is 0. The molecule has 108 valence electrons. The molecule has 0 aromatic heterocycles. The first-order valence-corrected chi connectivity index (χ1v) is 6.10. The quantitative estimate of drug-likeness (QED) is 0.738. The Balaban J connectivity index is 1.99. The van der Waals surface area contributed by atoms with Crippen molar-refractivity contribution < 1.29 is 24.3 Å². The Bertz CT molecular complexity index is 615. The molecule has 0 aliphatic carbocycles. The van der Waals surface area contributed by atoms with Gasteiger partial charge in [0.2, 0.25) is 0 Å². The summed E-state index contributed by atoms with van der Waals surface area (Å²) in [6.07, 6.45) is 2.41. The van der Waals surface area contributed by atoms with Gasteiger partial charge >= 0.3 is 5.97 Å². The number of carboxylic acid groups (broad SMARTS) is 1. The monoisotopic (exact) mass is 288 g/mol. The van der Waals surface area contributed by atoms with Crippen LogP contribution in [0.25, 0.3) is 0 Å². The maximum absolute atomic E-state index is 11.6. The zero-order chi connectivity index (χ0) is 15.4. The molecule has 2 rings (SSSR count). The second-order valence-electron chi connectivity index (χ2n) is 4.37. The minimum atomic E-state index is -1.13. The number of nitrogens with zero attached hydrogens (tertiary/aromatic N) is 1. The Hall–Kier alpha value is -2.96. The molecule has 1 aromatic rings. The van der Waals surface area contributed by atoms with E-state index in [0.29, 0.717) is 11.1 Å². The van der Waals surface area contributed by atoms with Gasteiger partial charge in [-0.05, 0) is 17.7 Å². The molecule has 3 amide bonds. The molecule has 21 heavy (non-hydrogen) atoms. The van der Waals surface area contributed by atoms with Gasteiger partial charge < -0.3 is 10.4 Å². The van der Waals surface area contributed by atoms with Crippen LogP contribution in [-0.2, 0) is 20.9 Å². The molecule has 1 aliphatic heterocycles. The third-order valence-electron chi connectivity index (χ3n) is 2.86. The summed E-state index contributed by atoms with van der Waals surface area (Å²) in [5.41, 5.74) is 0.993. The fourth-order valence-electron chi connectivity index (χ4n) is 1.79. The maximum atomic E-state index is 11.6. The minimum absolute atomic E-state index is 0.127. The van der Waals surface area contributed by atoms with Gasteiger partial charge in [-0.3, -0.25) is 24.1 Å². The third kappa shape index (κ3) is 3.53. The van der Waals surface area contributed by atoms with E-state index in [1.165, 1.54) is 24.3 Å². The number of amides is 3. The first-order chi connectivity index (χ1) is 9.97. The topological polar surface area (TPSA) is 104 Å². The first kappa shape index (κ1) is 14.4. The van der Waals surface area contributed by atoms with Gasteiger partial charge in [0, 0.05) is 17.7 Å². The third-order valence-corrected chi connectivity index (χ3v) is 2.86. The molecule has 0 spiro atoms. The van der Waals surface area contributed by atoms with Gasteiger partial charge in [-0.25, -0.2) is 0 Å². The van der Waals surface area contributed by atoms with Crippen LogP contribution in [0.15, 0.2) is 36.4 Å². The molecule has 1 aliphatic rings. The van der Waals surface area contributed by atoms with Gasteiger partial charge in [-0.1, -0.05) is 12.1 Å². The summed E-state index contributed by atoms with van der Waals surface area (Å²) in [4.78, 5) is 45.9. The van der Waals surface area contributed by atoms with Crippen molar-refractivity contribution >= 4 is 23.7 Å². The lowest BCUT2D eigenvalue weighted by atomic mass is 10.1. The highest BCUT2D eigenvalue weighted by molar-refractivity contribution is 6.12. The predicted octanol–water partition coefficient (Wildman–Crippen LogP) is -0.0740. The first-order valence-electron chi connectivity index (χ1n) is 6.10. The van der Waals surface area contributed by atoms with E-state index < -0.39 is 18.4 Å². The van der Waals surface area contributed by atoms with Crippen molar-refractivity contribution in [3.8, 4) is 0 Å². The van der Waals surface area contributed by atoms with Crippen LogP contribution < -0.4 is 5.32 Å². The highest BCUT2D eigenvalue weighted by atomic mass is 16.4. The predicted molar refractivity (Wildman–Crippen MR) is 71.1 cm³/mol. The number of nitrogens with one attached hydrogen (secondary N) is 1. The molecule has 2 N–H and O–H groups in total. The normalized spacial score (nSPS) is 13.6. The van der Waals surface area contributed by atoms with E-state index in [1.54, 1.807) is 12.1 Å². The molecular weight excluding hydrogens is 276 g/mol. The molecule has 0 saturated carbocycles. The summed E-state index contributed by atoms with van der Waals surface area (Å²) in [5, 5.41) is 10.7. The van der Waals surface area contributed by atoms with Crippen LogP contribution >= 0.6 is 0 Å². The molecular formula is C14H12N2O5. The number of carboxylic acids is 1. The number of hydrogen-bond donors (Lipinski definition) is 2. The Morgan fingerprint density at radius 1 is 1.05 bits per heavy atom. The highest BCUT2D eigenvalue weighted by Crippen LogP contribution is 2.11. The molecule has 7 nitrogen and oxygen atoms in total. The second kappa shape index (κ2) is 6.00. The molecule has 0 atom stereocenters. The SMILES string of the molecule is O=C(O)CNC(=O)c1ccc(CN2C(=O)C=CC2=O)cc1. The lowest BCUT2D eigenvalue weighted by molar-refractivity contribution is -0.138. The van der Waals surface area contributed by atoms with E-state index in [0.717, 1.165) is 4.90 Å². The number of rotatable bonds is 5. The van der Waals surface area contributed by atoms with Crippen LogP contribution in [0.4, 0.5) is 0 Å². The van der Waals surface area contributed by atoms with Crippen LogP contribution in [-0.4, -0.2) is 40.2 Å². The van der Waals surface area contributed by atoms with Crippen molar-refractivity contribution in [1.82, 2.24) is 10.2 Å². The summed E-state index contributed by atoms with van der Waals surface area (Å²) in [6, 6.07) is 6.22. The molecule has 7 heteroatoms. The van der Waals surface area contributed by atoms with Gasteiger partial charge in [0.05, 0.1) is 6.54 Å². The molecule has 0 saturated heterocycles. The Kier molecular flexibility index (Phi) is 4.13. The van der Waals surface area contributed by atoms with Crippen molar-refractivity contribution in [2.75, 3.05) is 6.54 Å². The maximum Gasteiger partial charge on any atom is 0.322 e. The van der Waals surface area contributed by atoms with Crippen LogP contribution in [0.3, 0.4) is 0 Å². The van der Waals surface area contributed by atoms with Gasteiger partial charge in [-0.2, -0.15) is 0 Å². The van der Waals surface area contributed by atoms with Gasteiger partial charge in [0.1, 0.15) is 6.54 Å². The van der Waals surface area contributed by atoms with Crippen molar-refractivity contribution in [2.45, 2.75) is 6.54 Å². The number of aliphatic carboxylic acids is 1. The Morgan fingerprint density at radius 2 is 1.62 bits per heavy atom. The van der Waals surface area contributed by atoms with Gasteiger partial charge in [0.25, 0.3) is 17.7 Å². The summed E-state index contributed by atoms with van der Waals surface area (Å²) in [6.45, 7) is -0.329. The van der Waals surface area contributed by atoms with Crippen molar-refractivity contribution in [3.05, 3.63) is 47.5 Å². The van der Waals surface area contributed by atoms with Crippen LogP contribution in [0.5, 0.6) is 0 Å². The average molecular weight is 288 g/mol. The number of benzene rings is 1. The fraction of sp³-hybridized carbons (Fsp3) is 0.143. The zero-order valence-corrected chi connectivity index (χ0v) is 10.9. The van der Waals surface area contributed by atoms with Crippen molar-refractivity contribution in [2.24, 2.45) is 0 Å². The summed E-state index contributed by atoms with van der Waals surface area (Å²) in [5.74, 6) is -2.37. The molecule has 0 radical (unpaired) electrons. The molecule has 0 unspecified atom stereocenters. The largest absolute Gasteiger partial charge is 0.480 e. The summed E-state index contributed by atoms with van der Waals surface area (Å²) >= 11 is 0. The standard InChI is InChI=1S/C14H12N2O5/c17-11-5-6-12(18)16(11)8-9-1-3-10(4-2-9)14(21)15-7-13(19)20/h1-6H,7-8H2,(H,15,21)(H,19,20). The van der Waals surface area contributed by atoms with E-state index in [2.05, 4.69) is 5.32 Å². The fourth-order valence-corrected chi connectivity index (χ4v) is 1.79. The smallest absolute Gasteiger partial charge is 0.322 e. The van der Waals surface area contributed by atoms with Crippen LogP contribution in [0, 0.1) is 0 Å². The lowest BCUT2D eigenvalue weighted by Crippen LogP contribution is -2.30. The highest BCUT2D eigenvalue weighted by Gasteiger charge is 2.23. The van der Waals surface area contributed by atoms with Crippen LogP contribution in [0.1, 0.15) is 15.9 Å². The van der Waals surface area contributed by atoms with E-state index in [-0.39, 0.29) is 18.4 Å². The molecule has 0 bridgehead atoms. The number of hydrogen-bond acceptors (Lipinski definition) is 4. The number of imide groups is 1. The van der Waals surface area contributed by atoms with E-state index in [9.17, 15) is 19.2 Å². The lowest BCUT2D eigenvalue weighted by Gasteiger charge is -2.13. The van der Waals surface area contributed by atoms with E-state index in [4.69, 9.17) is 5.11 Å². The van der Waals surface area contributed by atoms with Crippen molar-refractivity contribution in [3.63, 3.8) is 0 Å². The van der Waals surface area contributed by atoms with Gasteiger partial charge in [-0.15, -0.1) is 0 Å². The summed E-state index contributed by atoms with van der Waals surface area (Å²) < 4.78 is 0. The molecule has 0 fully saturated rings. The van der Waals surface area contributed by atoms with Crippen LogP contribution in [0.2, 0.25) is 0 Å². The van der Waals surface area contributed by atoms with Crippen molar-refractivity contribution in [1.29, 1.82) is 0 Å². The Labute approximate surface area is 119 Å². The van der Waals surface area contributed by atoms with E-state index in [1.807, 2.05) is 0 Å². The van der Waals surface area contributed by atoms with E-state index >= 15 is 0 Å².